The first-order valence-corrected chi connectivity index (χ1v) is 8.07. The van der Waals surface area contributed by atoms with Crippen molar-refractivity contribution in [3.8, 4) is 23.0 Å². The van der Waals surface area contributed by atoms with E-state index in [1.54, 1.807) is 16.7 Å². The van der Waals surface area contributed by atoms with Crippen LogP contribution in [0.5, 0.6) is 0 Å². The van der Waals surface area contributed by atoms with Gasteiger partial charge in [0, 0.05) is 23.3 Å². The third kappa shape index (κ3) is 3.65. The van der Waals surface area contributed by atoms with Crippen LogP contribution >= 0.6 is 11.6 Å². The van der Waals surface area contributed by atoms with Crippen LogP contribution in [-0.2, 0) is 11.3 Å². The van der Waals surface area contributed by atoms with Crippen molar-refractivity contribution in [2.24, 2.45) is 0 Å². The van der Waals surface area contributed by atoms with Gasteiger partial charge in [-0.25, -0.2) is 0 Å². The molecule has 0 unspecified atom stereocenters. The fraction of sp³-hybridized carbons (Fsp3) is 0.235. The summed E-state index contributed by atoms with van der Waals surface area (Å²) in [7, 11) is 0. The molecule has 0 bridgehead atoms. The van der Waals surface area contributed by atoms with Crippen molar-refractivity contribution in [2.45, 2.75) is 19.9 Å². The third-order valence-electron chi connectivity index (χ3n) is 3.44. The summed E-state index contributed by atoms with van der Waals surface area (Å²) in [5.74, 6) is 0.762. The lowest BCUT2D eigenvalue weighted by molar-refractivity contribution is -0.121. The zero-order valence-corrected chi connectivity index (χ0v) is 14.0. The van der Waals surface area contributed by atoms with Crippen molar-refractivity contribution in [1.29, 1.82) is 0 Å². The summed E-state index contributed by atoms with van der Waals surface area (Å²) in [6.07, 6.45) is 2.71. The average molecular weight is 345 g/mol. The second-order valence-corrected chi connectivity index (χ2v) is 5.74. The molecule has 24 heavy (non-hydrogen) atoms. The quantitative estimate of drug-likeness (QED) is 0.744. The third-order valence-corrected chi connectivity index (χ3v) is 3.68. The molecule has 2 heterocycles. The second kappa shape index (κ2) is 7.31. The van der Waals surface area contributed by atoms with E-state index in [1.807, 2.05) is 37.4 Å². The lowest BCUT2D eigenvalue weighted by atomic mass is 10.2. The van der Waals surface area contributed by atoms with E-state index < -0.39 is 0 Å². The van der Waals surface area contributed by atoms with Gasteiger partial charge in [-0.05, 0) is 30.7 Å². The van der Waals surface area contributed by atoms with Gasteiger partial charge in [-0.15, -0.1) is 0 Å². The van der Waals surface area contributed by atoms with Gasteiger partial charge in [0.15, 0.2) is 0 Å². The van der Waals surface area contributed by atoms with E-state index in [0.29, 0.717) is 29.0 Å². The average Bonchev–Trinajstić information content (AvgIpc) is 3.21. The molecule has 0 atom stereocenters. The Morgan fingerprint density at radius 2 is 2.21 bits per heavy atom. The molecule has 6 nitrogen and oxygen atoms in total. The topological polar surface area (TPSA) is 73.0 Å². The number of rotatable bonds is 6. The van der Waals surface area contributed by atoms with Crippen LogP contribution in [0.3, 0.4) is 0 Å². The Kier molecular flexibility index (Phi) is 4.96. The Balaban J connectivity index is 1.81. The molecule has 2 aromatic heterocycles. The maximum absolute atomic E-state index is 11.9. The molecule has 0 spiro atoms. The lowest BCUT2D eigenvalue weighted by Gasteiger charge is -2.06. The van der Waals surface area contributed by atoms with Crippen LogP contribution in [0.1, 0.15) is 13.3 Å². The molecule has 0 aliphatic heterocycles. The van der Waals surface area contributed by atoms with Crippen molar-refractivity contribution < 1.29 is 9.32 Å². The second-order valence-electron chi connectivity index (χ2n) is 5.30. The largest absolute Gasteiger partial charge is 0.355 e. The van der Waals surface area contributed by atoms with Gasteiger partial charge in [0.1, 0.15) is 12.2 Å². The molecule has 3 aromatic rings. The first-order valence-electron chi connectivity index (χ1n) is 7.69. The van der Waals surface area contributed by atoms with Crippen LogP contribution in [-0.4, -0.2) is 27.2 Å². The Bertz CT molecular complexity index is 840. The molecule has 124 valence electrons. The number of amides is 1. The summed E-state index contributed by atoms with van der Waals surface area (Å²) in [6.45, 7) is 2.88. The van der Waals surface area contributed by atoms with Crippen molar-refractivity contribution >= 4 is 17.5 Å². The Morgan fingerprint density at radius 3 is 3.00 bits per heavy atom. The van der Waals surface area contributed by atoms with Gasteiger partial charge >= 0.3 is 0 Å². The highest BCUT2D eigenvalue weighted by molar-refractivity contribution is 6.30. The molecule has 0 fully saturated rings. The molecule has 1 aromatic carbocycles. The Hall–Kier alpha value is -2.60. The highest BCUT2D eigenvalue weighted by Crippen LogP contribution is 2.24. The first kappa shape index (κ1) is 16.3. The normalized spacial score (nSPS) is 10.8. The predicted octanol–water partition coefficient (Wildman–Crippen LogP) is 3.38. The molecule has 7 heteroatoms. The number of aromatic nitrogens is 3. The van der Waals surface area contributed by atoms with Crippen molar-refractivity contribution in [3.05, 3.63) is 47.6 Å². The number of halogens is 1. The number of nitrogens with one attached hydrogen (secondary N) is 1. The highest BCUT2D eigenvalue weighted by atomic mass is 35.5. The lowest BCUT2D eigenvalue weighted by Crippen LogP contribution is -2.28. The Morgan fingerprint density at radius 1 is 1.33 bits per heavy atom. The smallest absolute Gasteiger partial charge is 0.274 e. The van der Waals surface area contributed by atoms with Crippen LogP contribution < -0.4 is 5.32 Å². The van der Waals surface area contributed by atoms with Gasteiger partial charge in [-0.3, -0.25) is 4.79 Å². The van der Waals surface area contributed by atoms with E-state index in [2.05, 4.69) is 15.5 Å². The fourth-order valence-corrected chi connectivity index (χ4v) is 2.48. The molecule has 0 aliphatic rings. The van der Waals surface area contributed by atoms with Gasteiger partial charge in [0.25, 0.3) is 5.89 Å². The minimum Gasteiger partial charge on any atom is -0.355 e. The number of carbonyl (C=O) groups excluding carboxylic acids is 1. The molecule has 0 saturated carbocycles. The predicted molar refractivity (Wildman–Crippen MR) is 91.5 cm³/mol. The van der Waals surface area contributed by atoms with Crippen LogP contribution in [0.15, 0.2) is 47.1 Å². The van der Waals surface area contributed by atoms with Gasteiger partial charge in [0.05, 0.1) is 0 Å². The molecule has 0 aliphatic carbocycles. The van der Waals surface area contributed by atoms with E-state index in [9.17, 15) is 4.79 Å². The molecule has 0 radical (unpaired) electrons. The summed E-state index contributed by atoms with van der Waals surface area (Å²) in [5, 5.41) is 7.45. The van der Waals surface area contributed by atoms with Gasteiger partial charge < -0.3 is 14.4 Å². The van der Waals surface area contributed by atoms with E-state index in [4.69, 9.17) is 16.1 Å². The Labute approximate surface area is 144 Å². The van der Waals surface area contributed by atoms with Crippen LogP contribution in [0.2, 0.25) is 5.02 Å². The van der Waals surface area contributed by atoms with E-state index in [0.717, 1.165) is 12.0 Å². The number of benzene rings is 1. The maximum Gasteiger partial charge on any atom is 0.274 e. The maximum atomic E-state index is 11.9. The van der Waals surface area contributed by atoms with E-state index >= 15 is 0 Å². The highest BCUT2D eigenvalue weighted by Gasteiger charge is 2.15. The minimum absolute atomic E-state index is 0.0520. The summed E-state index contributed by atoms with van der Waals surface area (Å²) in [4.78, 5) is 16.3. The molecule has 1 N–H and O–H groups in total. The van der Waals surface area contributed by atoms with E-state index in [1.165, 1.54) is 0 Å². The monoisotopic (exact) mass is 344 g/mol. The van der Waals surface area contributed by atoms with Crippen molar-refractivity contribution in [2.75, 3.05) is 6.54 Å². The molecule has 0 saturated heterocycles. The molecule has 1 amide bonds. The number of carbonyl (C=O) groups is 1. The van der Waals surface area contributed by atoms with Gasteiger partial charge in [0.2, 0.25) is 11.7 Å². The fourth-order valence-electron chi connectivity index (χ4n) is 2.29. The zero-order chi connectivity index (χ0) is 16.9. The van der Waals surface area contributed by atoms with Gasteiger partial charge in [-0.2, -0.15) is 4.98 Å². The number of hydrogen-bond acceptors (Lipinski definition) is 4. The van der Waals surface area contributed by atoms with Crippen LogP contribution in [0, 0.1) is 0 Å². The SMILES string of the molecule is CCCNC(=O)Cn1cccc1-c1nc(-c2cccc(Cl)c2)no1. The minimum atomic E-state index is -0.0520. The van der Waals surface area contributed by atoms with Crippen molar-refractivity contribution in [3.63, 3.8) is 0 Å². The summed E-state index contributed by atoms with van der Waals surface area (Å²) < 4.78 is 7.13. The standard InChI is InChI=1S/C17H17ClN4O2/c1-2-8-19-15(23)11-22-9-4-7-14(22)17-20-16(21-24-17)12-5-3-6-13(18)10-12/h3-7,9-10H,2,8,11H2,1H3,(H,19,23). The molecular weight excluding hydrogens is 328 g/mol. The zero-order valence-electron chi connectivity index (χ0n) is 13.2. The number of nitrogens with zero attached hydrogens (tertiary/aromatic N) is 3. The van der Waals surface area contributed by atoms with Crippen LogP contribution in [0.4, 0.5) is 0 Å². The molecule has 3 rings (SSSR count). The van der Waals surface area contributed by atoms with Crippen molar-refractivity contribution in [1.82, 2.24) is 20.0 Å². The number of hydrogen-bond donors (Lipinski definition) is 1. The summed E-state index contributed by atoms with van der Waals surface area (Å²) in [6, 6.07) is 10.9. The van der Waals surface area contributed by atoms with Gasteiger partial charge in [-0.1, -0.05) is 35.8 Å². The van der Waals surface area contributed by atoms with E-state index in [-0.39, 0.29) is 12.5 Å². The molecular formula is C17H17ClN4O2. The first-order chi connectivity index (χ1) is 11.7. The summed E-state index contributed by atoms with van der Waals surface area (Å²) in [5.41, 5.74) is 1.47. The summed E-state index contributed by atoms with van der Waals surface area (Å²) >= 11 is 5.99. The van der Waals surface area contributed by atoms with Crippen LogP contribution in [0.25, 0.3) is 23.0 Å².